The molecule has 0 aliphatic carbocycles. The number of carboxylic acids is 1. The molecule has 0 saturated heterocycles. The summed E-state index contributed by atoms with van der Waals surface area (Å²) in [6.07, 6.45) is 3.55. The molecule has 0 radical (unpaired) electrons. The van der Waals surface area contributed by atoms with Crippen LogP contribution in [-0.4, -0.2) is 29.9 Å². The zero-order valence-electron chi connectivity index (χ0n) is 12.0. The summed E-state index contributed by atoms with van der Waals surface area (Å²) >= 11 is 0. The van der Waals surface area contributed by atoms with E-state index in [1.54, 1.807) is 48.6 Å². The number of aromatic hydroxyl groups is 1. The Hall–Kier alpha value is -2.95. The zero-order chi connectivity index (χ0) is 15.9. The normalized spacial score (nSPS) is 10.6. The molecule has 0 bridgehead atoms. The van der Waals surface area contributed by atoms with E-state index in [0.717, 1.165) is 5.56 Å². The number of carbonyl (C=O) groups is 1. The molecular weight excluding hydrogens is 284 g/mol. The lowest BCUT2D eigenvalue weighted by molar-refractivity contribution is 0.0693. The van der Waals surface area contributed by atoms with Gasteiger partial charge in [-0.3, -0.25) is 0 Å². The SMILES string of the molecule is COc1cc(C=CCOc2ccccc2C(=O)O)ccc1O. The number of phenolic OH excluding ortho intramolecular Hbond substituents is 1. The number of hydrogen-bond acceptors (Lipinski definition) is 4. The second-order valence-electron chi connectivity index (χ2n) is 4.45. The van der Waals surface area contributed by atoms with Crippen molar-refractivity contribution in [1.82, 2.24) is 0 Å². The number of phenols is 1. The Morgan fingerprint density at radius 1 is 1.18 bits per heavy atom. The molecule has 2 rings (SSSR count). The van der Waals surface area contributed by atoms with Gasteiger partial charge in [0.05, 0.1) is 7.11 Å². The summed E-state index contributed by atoms with van der Waals surface area (Å²) in [6.45, 7) is 0.230. The van der Waals surface area contributed by atoms with Crippen molar-refractivity contribution in [3.05, 3.63) is 59.7 Å². The van der Waals surface area contributed by atoms with Gasteiger partial charge in [-0.05, 0) is 35.9 Å². The summed E-state index contributed by atoms with van der Waals surface area (Å²) < 4.78 is 10.5. The molecule has 0 aliphatic heterocycles. The van der Waals surface area contributed by atoms with Crippen molar-refractivity contribution in [2.24, 2.45) is 0 Å². The lowest BCUT2D eigenvalue weighted by atomic mass is 10.2. The minimum Gasteiger partial charge on any atom is -0.504 e. The summed E-state index contributed by atoms with van der Waals surface area (Å²) in [5.74, 6) is -0.239. The van der Waals surface area contributed by atoms with Gasteiger partial charge in [0, 0.05) is 0 Å². The summed E-state index contributed by atoms with van der Waals surface area (Å²) in [4.78, 5) is 11.0. The highest BCUT2D eigenvalue weighted by Crippen LogP contribution is 2.26. The van der Waals surface area contributed by atoms with Gasteiger partial charge in [-0.1, -0.05) is 24.3 Å². The van der Waals surface area contributed by atoms with Gasteiger partial charge in [-0.25, -0.2) is 4.79 Å². The average molecular weight is 300 g/mol. The van der Waals surface area contributed by atoms with Crippen molar-refractivity contribution in [2.75, 3.05) is 13.7 Å². The number of benzene rings is 2. The first kappa shape index (κ1) is 15.4. The first-order chi connectivity index (χ1) is 10.6. The Labute approximate surface area is 128 Å². The lowest BCUT2D eigenvalue weighted by Crippen LogP contribution is -2.02. The second-order valence-corrected chi connectivity index (χ2v) is 4.45. The van der Waals surface area contributed by atoms with Crippen molar-refractivity contribution < 1.29 is 24.5 Å². The summed E-state index contributed by atoms with van der Waals surface area (Å²) in [5.41, 5.74) is 0.965. The molecule has 5 nitrogen and oxygen atoms in total. The summed E-state index contributed by atoms with van der Waals surface area (Å²) in [5, 5.41) is 18.6. The quantitative estimate of drug-likeness (QED) is 0.857. The third-order valence-corrected chi connectivity index (χ3v) is 2.97. The lowest BCUT2D eigenvalue weighted by Gasteiger charge is -2.06. The molecule has 0 atom stereocenters. The van der Waals surface area contributed by atoms with Crippen LogP contribution < -0.4 is 9.47 Å². The molecule has 5 heteroatoms. The smallest absolute Gasteiger partial charge is 0.339 e. The summed E-state index contributed by atoms with van der Waals surface area (Å²) in [6, 6.07) is 11.4. The number of carboxylic acid groups (broad SMARTS) is 1. The number of methoxy groups -OCH3 is 1. The van der Waals surface area contributed by atoms with E-state index in [-0.39, 0.29) is 17.9 Å². The highest BCUT2D eigenvalue weighted by atomic mass is 16.5. The van der Waals surface area contributed by atoms with Crippen LogP contribution >= 0.6 is 0 Å². The van der Waals surface area contributed by atoms with Gasteiger partial charge in [0.1, 0.15) is 17.9 Å². The maximum Gasteiger partial charge on any atom is 0.339 e. The van der Waals surface area contributed by atoms with Crippen LogP contribution in [-0.2, 0) is 0 Å². The van der Waals surface area contributed by atoms with E-state index < -0.39 is 5.97 Å². The third-order valence-electron chi connectivity index (χ3n) is 2.97. The Morgan fingerprint density at radius 2 is 1.95 bits per heavy atom. The minimum atomic E-state index is -1.03. The molecule has 2 aromatic carbocycles. The minimum absolute atomic E-state index is 0.0753. The van der Waals surface area contributed by atoms with Crippen LogP contribution in [0.25, 0.3) is 6.08 Å². The van der Waals surface area contributed by atoms with Crippen LogP contribution in [0.2, 0.25) is 0 Å². The van der Waals surface area contributed by atoms with Crippen LogP contribution in [0.3, 0.4) is 0 Å². The average Bonchev–Trinajstić information content (AvgIpc) is 2.53. The molecule has 2 N–H and O–H groups in total. The van der Waals surface area contributed by atoms with Crippen LogP contribution in [0, 0.1) is 0 Å². The van der Waals surface area contributed by atoms with Crippen molar-refractivity contribution >= 4 is 12.0 Å². The number of rotatable bonds is 6. The standard InChI is InChI=1S/C17H16O5/c1-21-16-11-12(8-9-14(16)18)5-4-10-22-15-7-3-2-6-13(15)17(19)20/h2-9,11,18H,10H2,1H3,(H,19,20). The molecule has 0 amide bonds. The number of hydrogen-bond donors (Lipinski definition) is 2. The predicted molar refractivity (Wildman–Crippen MR) is 82.6 cm³/mol. The maximum atomic E-state index is 11.0. The highest BCUT2D eigenvalue weighted by molar-refractivity contribution is 5.90. The molecule has 0 saturated carbocycles. The van der Waals surface area contributed by atoms with E-state index >= 15 is 0 Å². The van der Waals surface area contributed by atoms with E-state index in [1.807, 2.05) is 0 Å². The molecule has 114 valence electrons. The fourth-order valence-electron chi connectivity index (χ4n) is 1.89. The van der Waals surface area contributed by atoms with E-state index in [0.29, 0.717) is 11.5 Å². The first-order valence-corrected chi connectivity index (χ1v) is 6.60. The zero-order valence-corrected chi connectivity index (χ0v) is 12.0. The van der Waals surface area contributed by atoms with Crippen LogP contribution in [0.1, 0.15) is 15.9 Å². The van der Waals surface area contributed by atoms with Gasteiger partial charge in [0.15, 0.2) is 11.5 Å². The van der Waals surface area contributed by atoms with Gasteiger partial charge in [0.25, 0.3) is 0 Å². The molecular formula is C17H16O5. The molecule has 0 spiro atoms. The van der Waals surface area contributed by atoms with Gasteiger partial charge < -0.3 is 19.7 Å². The largest absolute Gasteiger partial charge is 0.504 e. The van der Waals surface area contributed by atoms with Crippen molar-refractivity contribution in [2.45, 2.75) is 0 Å². The second kappa shape index (κ2) is 7.17. The number of para-hydroxylation sites is 1. The van der Waals surface area contributed by atoms with E-state index in [1.165, 1.54) is 13.2 Å². The van der Waals surface area contributed by atoms with Gasteiger partial charge in [-0.15, -0.1) is 0 Å². The third kappa shape index (κ3) is 3.79. The van der Waals surface area contributed by atoms with Gasteiger partial charge in [0.2, 0.25) is 0 Å². The van der Waals surface area contributed by atoms with Crippen molar-refractivity contribution in [3.8, 4) is 17.2 Å². The number of aromatic carboxylic acids is 1. The molecule has 0 aromatic heterocycles. The molecule has 0 unspecified atom stereocenters. The molecule has 0 heterocycles. The predicted octanol–water partition coefficient (Wildman–Crippen LogP) is 3.19. The van der Waals surface area contributed by atoms with Crippen molar-refractivity contribution in [3.63, 3.8) is 0 Å². The van der Waals surface area contributed by atoms with Gasteiger partial charge >= 0.3 is 5.97 Å². The van der Waals surface area contributed by atoms with Crippen LogP contribution in [0.5, 0.6) is 17.2 Å². The Balaban J connectivity index is 2.01. The first-order valence-electron chi connectivity index (χ1n) is 6.60. The molecule has 0 fully saturated rings. The van der Waals surface area contributed by atoms with Gasteiger partial charge in [-0.2, -0.15) is 0 Å². The maximum absolute atomic E-state index is 11.0. The highest BCUT2D eigenvalue weighted by Gasteiger charge is 2.09. The monoisotopic (exact) mass is 300 g/mol. The Kier molecular flexibility index (Phi) is 5.03. The topological polar surface area (TPSA) is 76.0 Å². The van der Waals surface area contributed by atoms with E-state index in [2.05, 4.69) is 0 Å². The van der Waals surface area contributed by atoms with Crippen molar-refractivity contribution in [1.29, 1.82) is 0 Å². The fraction of sp³-hybridized carbons (Fsp3) is 0.118. The molecule has 2 aromatic rings. The Bertz CT molecular complexity index is 691. The van der Waals surface area contributed by atoms with E-state index in [9.17, 15) is 9.90 Å². The van der Waals surface area contributed by atoms with Crippen LogP contribution in [0.4, 0.5) is 0 Å². The van der Waals surface area contributed by atoms with Crippen LogP contribution in [0.15, 0.2) is 48.5 Å². The van der Waals surface area contributed by atoms with E-state index in [4.69, 9.17) is 14.6 Å². The Morgan fingerprint density at radius 3 is 2.68 bits per heavy atom. The molecule has 22 heavy (non-hydrogen) atoms. The summed E-state index contributed by atoms with van der Waals surface area (Å²) in [7, 11) is 1.48. The fourth-order valence-corrected chi connectivity index (χ4v) is 1.89. The molecule has 0 aliphatic rings. The number of ether oxygens (including phenoxy) is 2.